The van der Waals surface area contributed by atoms with E-state index in [0.29, 0.717) is 6.54 Å². The molecule has 1 heterocycles. The van der Waals surface area contributed by atoms with Gasteiger partial charge in [-0.3, -0.25) is 4.90 Å². The predicted octanol–water partition coefficient (Wildman–Crippen LogP) is 4.47. The molecule has 0 aliphatic carbocycles. The van der Waals surface area contributed by atoms with Crippen LogP contribution in [0.3, 0.4) is 0 Å². The number of fused-ring (bicyclic) bond motifs is 1. The molecule has 0 radical (unpaired) electrons. The summed E-state index contributed by atoms with van der Waals surface area (Å²) in [6.45, 7) is 4.56. The van der Waals surface area contributed by atoms with Gasteiger partial charge in [0.1, 0.15) is 12.0 Å². The van der Waals surface area contributed by atoms with Crippen LogP contribution in [-0.4, -0.2) is 24.2 Å². The van der Waals surface area contributed by atoms with Crippen molar-refractivity contribution in [2.24, 2.45) is 5.11 Å². The van der Waals surface area contributed by atoms with Crippen molar-refractivity contribution < 1.29 is 4.74 Å². The average Bonchev–Trinajstić information content (AvgIpc) is 3.08. The minimum Gasteiger partial charge on any atom is -0.474 e. The third-order valence-corrected chi connectivity index (χ3v) is 4.21. The van der Waals surface area contributed by atoms with E-state index in [1.807, 2.05) is 24.3 Å². The normalized spacial score (nSPS) is 16.4. The van der Waals surface area contributed by atoms with Crippen LogP contribution in [-0.2, 0) is 6.54 Å². The molecule has 1 saturated heterocycles. The van der Waals surface area contributed by atoms with Crippen LogP contribution in [0.25, 0.3) is 21.2 Å². The molecule has 0 bridgehead atoms. The zero-order chi connectivity index (χ0) is 15.4. The van der Waals surface area contributed by atoms with Crippen LogP contribution in [0.15, 0.2) is 41.5 Å². The molecule has 3 rings (SSSR count). The van der Waals surface area contributed by atoms with Gasteiger partial charge in [-0.2, -0.15) is 0 Å². The van der Waals surface area contributed by atoms with E-state index in [0.717, 1.165) is 35.2 Å². The fourth-order valence-electron chi connectivity index (χ4n) is 3.01. The fourth-order valence-corrected chi connectivity index (χ4v) is 3.01. The van der Waals surface area contributed by atoms with E-state index in [2.05, 4.69) is 34.0 Å². The first-order chi connectivity index (χ1) is 10.8. The second-order valence-electron chi connectivity index (χ2n) is 5.62. The minimum atomic E-state index is 0.0260. The van der Waals surface area contributed by atoms with Crippen LogP contribution in [0.5, 0.6) is 5.75 Å². The van der Waals surface area contributed by atoms with Gasteiger partial charge in [-0.1, -0.05) is 41.5 Å². The summed E-state index contributed by atoms with van der Waals surface area (Å²) in [4.78, 5) is 5.21. The molecule has 1 unspecified atom stereocenters. The Balaban J connectivity index is 1.97. The zero-order valence-corrected chi connectivity index (χ0v) is 12.8. The summed E-state index contributed by atoms with van der Waals surface area (Å²) in [5.74, 6) is 0.838. The van der Waals surface area contributed by atoms with Gasteiger partial charge in [0.15, 0.2) is 0 Å². The lowest BCUT2D eigenvalue weighted by atomic mass is 10.1. The summed E-state index contributed by atoms with van der Waals surface area (Å²) < 4.78 is 6.28. The maximum absolute atomic E-state index is 8.60. The summed E-state index contributed by atoms with van der Waals surface area (Å²) in [5, 5.41) is 5.90. The molecule has 1 aliphatic rings. The first-order valence-corrected chi connectivity index (χ1v) is 7.72. The third-order valence-electron chi connectivity index (χ3n) is 4.21. The maximum atomic E-state index is 8.60. The highest BCUT2D eigenvalue weighted by atomic mass is 16.5. The third kappa shape index (κ3) is 3.01. The molecule has 114 valence electrons. The first kappa shape index (κ1) is 14.7. The molecular formula is C17H20N4O. The smallest absolute Gasteiger partial charge is 0.149 e. The van der Waals surface area contributed by atoms with Gasteiger partial charge >= 0.3 is 0 Å². The van der Waals surface area contributed by atoms with Gasteiger partial charge in [-0.05, 0) is 30.7 Å². The Morgan fingerprint density at radius 3 is 2.77 bits per heavy atom. The van der Waals surface area contributed by atoms with Crippen molar-refractivity contribution in [1.29, 1.82) is 0 Å². The van der Waals surface area contributed by atoms with Gasteiger partial charge in [0.05, 0.1) is 6.54 Å². The Labute approximate surface area is 130 Å². The Morgan fingerprint density at radius 2 is 2.00 bits per heavy atom. The van der Waals surface area contributed by atoms with Crippen molar-refractivity contribution in [3.8, 4) is 5.75 Å². The molecule has 22 heavy (non-hydrogen) atoms. The summed E-state index contributed by atoms with van der Waals surface area (Å²) in [6.07, 6.45) is 2.49. The molecule has 2 aromatic carbocycles. The van der Waals surface area contributed by atoms with E-state index in [-0.39, 0.29) is 6.23 Å². The topological polar surface area (TPSA) is 61.2 Å². The Morgan fingerprint density at radius 1 is 1.23 bits per heavy atom. The van der Waals surface area contributed by atoms with Crippen molar-refractivity contribution in [3.05, 3.63) is 52.4 Å². The maximum Gasteiger partial charge on any atom is 0.149 e. The molecule has 5 heteroatoms. The standard InChI is InChI=1S/C17H20N4O/c1-13(21-10-4-5-11-21)22-17-15(12-19-20-18)9-8-14-6-2-3-7-16(14)17/h2-3,6-9,13H,4-5,10-12H2,1H3. The highest BCUT2D eigenvalue weighted by Gasteiger charge is 2.21. The van der Waals surface area contributed by atoms with E-state index in [4.69, 9.17) is 10.3 Å². The van der Waals surface area contributed by atoms with Gasteiger partial charge in [0.2, 0.25) is 0 Å². The first-order valence-electron chi connectivity index (χ1n) is 7.72. The molecule has 0 amide bonds. The number of likely N-dealkylation sites (tertiary alicyclic amines) is 1. The Hall–Kier alpha value is -2.23. The average molecular weight is 296 g/mol. The number of nitrogens with zero attached hydrogens (tertiary/aromatic N) is 4. The highest BCUT2D eigenvalue weighted by molar-refractivity contribution is 5.89. The molecule has 2 aromatic rings. The lowest BCUT2D eigenvalue weighted by molar-refractivity contribution is 0.0598. The number of hydrogen-bond donors (Lipinski definition) is 0. The van der Waals surface area contributed by atoms with Gasteiger partial charge < -0.3 is 4.74 Å². The van der Waals surface area contributed by atoms with Crippen molar-refractivity contribution in [2.75, 3.05) is 13.1 Å². The fraction of sp³-hybridized carbons (Fsp3) is 0.412. The van der Waals surface area contributed by atoms with Gasteiger partial charge in [0.25, 0.3) is 0 Å². The van der Waals surface area contributed by atoms with Crippen molar-refractivity contribution in [1.82, 2.24) is 4.90 Å². The summed E-state index contributed by atoms with van der Waals surface area (Å²) in [5.41, 5.74) is 9.53. The van der Waals surface area contributed by atoms with E-state index in [1.165, 1.54) is 12.8 Å². The Bertz CT molecular complexity index is 703. The number of rotatable bonds is 5. The van der Waals surface area contributed by atoms with E-state index in [1.54, 1.807) is 0 Å². The van der Waals surface area contributed by atoms with E-state index in [9.17, 15) is 0 Å². The van der Waals surface area contributed by atoms with Crippen molar-refractivity contribution in [2.45, 2.75) is 32.5 Å². The molecule has 0 aromatic heterocycles. The molecular weight excluding hydrogens is 276 g/mol. The van der Waals surface area contributed by atoms with Crippen molar-refractivity contribution in [3.63, 3.8) is 0 Å². The van der Waals surface area contributed by atoms with Crippen LogP contribution in [0.1, 0.15) is 25.3 Å². The summed E-state index contributed by atoms with van der Waals surface area (Å²) in [7, 11) is 0. The zero-order valence-electron chi connectivity index (χ0n) is 12.8. The summed E-state index contributed by atoms with van der Waals surface area (Å²) in [6, 6.07) is 12.2. The molecule has 0 N–H and O–H groups in total. The van der Waals surface area contributed by atoms with Gasteiger partial charge in [0, 0.05) is 29.0 Å². The van der Waals surface area contributed by atoms with E-state index < -0.39 is 0 Å². The molecule has 0 spiro atoms. The van der Waals surface area contributed by atoms with Crippen LogP contribution >= 0.6 is 0 Å². The minimum absolute atomic E-state index is 0.0260. The van der Waals surface area contributed by atoms with Crippen LogP contribution in [0, 0.1) is 0 Å². The second kappa shape index (κ2) is 6.69. The number of ether oxygens (including phenoxy) is 1. The second-order valence-corrected chi connectivity index (χ2v) is 5.62. The number of hydrogen-bond acceptors (Lipinski definition) is 3. The molecule has 1 aliphatic heterocycles. The molecule has 1 atom stereocenters. The quantitative estimate of drug-likeness (QED) is 0.464. The lowest BCUT2D eigenvalue weighted by Crippen LogP contribution is -2.34. The highest BCUT2D eigenvalue weighted by Crippen LogP contribution is 2.32. The van der Waals surface area contributed by atoms with Crippen LogP contribution in [0.2, 0.25) is 0 Å². The molecule has 1 fully saturated rings. The number of azide groups is 1. The summed E-state index contributed by atoms with van der Waals surface area (Å²) >= 11 is 0. The van der Waals surface area contributed by atoms with Crippen LogP contribution in [0.4, 0.5) is 0 Å². The van der Waals surface area contributed by atoms with E-state index >= 15 is 0 Å². The predicted molar refractivity (Wildman–Crippen MR) is 87.7 cm³/mol. The molecule has 5 nitrogen and oxygen atoms in total. The largest absolute Gasteiger partial charge is 0.474 e. The lowest BCUT2D eigenvalue weighted by Gasteiger charge is -2.26. The Kier molecular flexibility index (Phi) is 4.47. The van der Waals surface area contributed by atoms with Gasteiger partial charge in [-0.15, -0.1) is 0 Å². The molecule has 0 saturated carbocycles. The monoisotopic (exact) mass is 296 g/mol. The SMILES string of the molecule is CC(Oc1c(CN=[N+]=[N-])ccc2ccccc12)N1CCCC1. The van der Waals surface area contributed by atoms with Crippen molar-refractivity contribution >= 4 is 10.8 Å². The van der Waals surface area contributed by atoms with Gasteiger partial charge in [-0.25, -0.2) is 0 Å². The van der Waals surface area contributed by atoms with Crippen LogP contribution < -0.4 is 4.74 Å². The number of benzene rings is 2.